The van der Waals surface area contributed by atoms with E-state index in [2.05, 4.69) is 203 Å². The number of allylic oxidation sites excluding steroid dienone is 32. The SMILES string of the molecule is CC/C=C\C/C=C\C/C=C\C/C=C\C/C=C\C/C=C\CCCCCCC(=O)OCC(COC(=O)CCCCCC/C=C\C/C=C\C/C=C\C/C=C\CC)OC(=O)CC/C=C\C/C=C\C/C=C\C/C=C\C/C=C\C/C=C\CC. The van der Waals surface area contributed by atoms with Crippen LogP contribution in [0, 0.1) is 0 Å². The zero-order valence-corrected chi connectivity index (χ0v) is 48.6. The third-order valence-electron chi connectivity index (χ3n) is 11.6. The number of carbonyl (C=O) groups is 3. The lowest BCUT2D eigenvalue weighted by Crippen LogP contribution is -2.30. The molecule has 0 heterocycles. The molecule has 6 heteroatoms. The number of hydrogen-bond acceptors (Lipinski definition) is 6. The molecule has 0 aromatic rings. The molecule has 0 saturated carbocycles. The van der Waals surface area contributed by atoms with Crippen molar-refractivity contribution < 1.29 is 28.6 Å². The molecule has 1 atom stereocenters. The molecule has 0 rings (SSSR count). The van der Waals surface area contributed by atoms with Gasteiger partial charge in [0.25, 0.3) is 0 Å². The van der Waals surface area contributed by atoms with E-state index >= 15 is 0 Å². The van der Waals surface area contributed by atoms with E-state index in [0.717, 1.165) is 167 Å². The molecular weight excluding hydrogens is 949 g/mol. The average molecular weight is 1060 g/mol. The Morgan fingerprint density at radius 2 is 0.494 bits per heavy atom. The van der Waals surface area contributed by atoms with E-state index in [1.807, 2.05) is 12.2 Å². The maximum atomic E-state index is 12.9. The lowest BCUT2D eigenvalue weighted by molar-refractivity contribution is -0.166. The molecular formula is C71H106O6. The fraction of sp³-hybridized carbons (Fsp3) is 0.507. The van der Waals surface area contributed by atoms with Crippen LogP contribution in [0.15, 0.2) is 194 Å². The molecule has 0 saturated heterocycles. The second-order valence-electron chi connectivity index (χ2n) is 18.8. The number of carbonyl (C=O) groups excluding carboxylic acids is 3. The summed E-state index contributed by atoms with van der Waals surface area (Å²) >= 11 is 0. The molecule has 0 N–H and O–H groups in total. The van der Waals surface area contributed by atoms with E-state index in [9.17, 15) is 14.4 Å². The minimum atomic E-state index is -0.854. The van der Waals surface area contributed by atoms with Crippen LogP contribution in [0.3, 0.4) is 0 Å². The maximum absolute atomic E-state index is 12.9. The van der Waals surface area contributed by atoms with Crippen molar-refractivity contribution in [1.29, 1.82) is 0 Å². The Hall–Kier alpha value is -5.75. The molecule has 6 nitrogen and oxygen atoms in total. The van der Waals surface area contributed by atoms with Crippen LogP contribution in [0.2, 0.25) is 0 Å². The normalized spacial score (nSPS) is 13.5. The molecule has 0 aliphatic heterocycles. The summed E-state index contributed by atoms with van der Waals surface area (Å²) in [5, 5.41) is 0. The van der Waals surface area contributed by atoms with Gasteiger partial charge in [-0.05, 0) is 148 Å². The first-order valence-electron chi connectivity index (χ1n) is 29.9. The van der Waals surface area contributed by atoms with Gasteiger partial charge in [-0.1, -0.05) is 241 Å². The van der Waals surface area contributed by atoms with E-state index in [4.69, 9.17) is 14.2 Å². The fourth-order valence-electron chi connectivity index (χ4n) is 7.23. The first kappa shape index (κ1) is 71.2. The van der Waals surface area contributed by atoms with Gasteiger partial charge in [0.15, 0.2) is 6.10 Å². The smallest absolute Gasteiger partial charge is 0.306 e. The van der Waals surface area contributed by atoms with Gasteiger partial charge in [-0.25, -0.2) is 0 Å². The Bertz CT molecular complexity index is 1880. The van der Waals surface area contributed by atoms with Gasteiger partial charge in [0.1, 0.15) is 13.2 Å². The van der Waals surface area contributed by atoms with Crippen LogP contribution in [0.25, 0.3) is 0 Å². The molecule has 426 valence electrons. The summed E-state index contributed by atoms with van der Waals surface area (Å²) in [5.41, 5.74) is 0. The van der Waals surface area contributed by atoms with Gasteiger partial charge < -0.3 is 14.2 Å². The van der Waals surface area contributed by atoms with E-state index < -0.39 is 12.1 Å². The summed E-state index contributed by atoms with van der Waals surface area (Å²) in [6.07, 6.45) is 95.7. The van der Waals surface area contributed by atoms with E-state index in [1.165, 1.54) is 0 Å². The standard InChI is InChI=1S/C71H106O6/c1-4-7-10-13-16-19-22-25-28-31-33-34-35-36-38-40-43-46-49-52-55-58-61-64-70(73)76-67-68(66-75-69(72)63-60-57-54-51-48-45-42-39-30-27-24-21-18-15-12-9-6-3)77-71(74)65-62-59-56-53-50-47-44-41-37-32-29-26-23-20-17-14-11-8-5-2/h7-12,16-21,25-30,33-34,36-38,41-43,45-47,50,56,59,68H,4-6,13-15,22-24,31-32,35,39-40,44,48-49,51-55,57-58,60-67H2,1-3H3/b10-7-,11-8-,12-9-,19-16-,20-17-,21-18-,28-25-,29-26-,30-27-,34-33-,38-36-,41-37-,45-42-,46-43-,50-47-,59-56-. The van der Waals surface area contributed by atoms with Gasteiger partial charge >= 0.3 is 17.9 Å². The highest BCUT2D eigenvalue weighted by molar-refractivity contribution is 5.71. The number of ether oxygens (including phenoxy) is 3. The summed E-state index contributed by atoms with van der Waals surface area (Å²) in [6, 6.07) is 0. The van der Waals surface area contributed by atoms with E-state index in [-0.39, 0.29) is 31.6 Å². The van der Waals surface area contributed by atoms with Crippen LogP contribution in [0.5, 0.6) is 0 Å². The fourth-order valence-corrected chi connectivity index (χ4v) is 7.23. The highest BCUT2D eigenvalue weighted by Crippen LogP contribution is 2.11. The Kier molecular flexibility index (Phi) is 58.1. The molecule has 1 unspecified atom stereocenters. The molecule has 77 heavy (non-hydrogen) atoms. The van der Waals surface area contributed by atoms with Crippen LogP contribution in [-0.4, -0.2) is 37.2 Å². The topological polar surface area (TPSA) is 78.9 Å². The summed E-state index contributed by atoms with van der Waals surface area (Å²) < 4.78 is 16.8. The number of unbranched alkanes of at least 4 members (excludes halogenated alkanes) is 8. The molecule has 0 radical (unpaired) electrons. The van der Waals surface area contributed by atoms with Gasteiger partial charge in [0.05, 0.1) is 0 Å². The van der Waals surface area contributed by atoms with Crippen molar-refractivity contribution in [2.75, 3.05) is 13.2 Å². The van der Waals surface area contributed by atoms with E-state index in [0.29, 0.717) is 19.3 Å². The van der Waals surface area contributed by atoms with Crippen molar-refractivity contribution in [2.45, 2.75) is 219 Å². The molecule has 0 aliphatic carbocycles. The maximum Gasteiger partial charge on any atom is 0.306 e. The largest absolute Gasteiger partial charge is 0.462 e. The zero-order valence-electron chi connectivity index (χ0n) is 48.6. The summed E-state index contributed by atoms with van der Waals surface area (Å²) in [7, 11) is 0. The Balaban J connectivity index is 4.63. The second kappa shape index (κ2) is 62.8. The molecule has 0 amide bonds. The first-order chi connectivity index (χ1) is 38.0. The molecule has 0 spiro atoms. The summed E-state index contributed by atoms with van der Waals surface area (Å²) in [5.74, 6) is -1.09. The van der Waals surface area contributed by atoms with Crippen LogP contribution in [-0.2, 0) is 28.6 Å². The van der Waals surface area contributed by atoms with Gasteiger partial charge in [-0.2, -0.15) is 0 Å². The van der Waals surface area contributed by atoms with Gasteiger partial charge in [-0.3, -0.25) is 14.4 Å². The Morgan fingerprint density at radius 3 is 0.766 bits per heavy atom. The van der Waals surface area contributed by atoms with Crippen LogP contribution < -0.4 is 0 Å². The lowest BCUT2D eigenvalue weighted by Gasteiger charge is -2.18. The first-order valence-corrected chi connectivity index (χ1v) is 29.9. The summed E-state index contributed by atoms with van der Waals surface area (Å²) in [6.45, 7) is 6.17. The Labute approximate surface area is 471 Å². The molecule has 0 aromatic heterocycles. The summed E-state index contributed by atoms with van der Waals surface area (Å²) in [4.78, 5) is 38.2. The molecule has 0 aromatic carbocycles. The minimum absolute atomic E-state index is 0.141. The van der Waals surface area contributed by atoms with Crippen LogP contribution in [0.4, 0.5) is 0 Å². The molecule has 0 bridgehead atoms. The monoisotopic (exact) mass is 1050 g/mol. The number of rotatable bonds is 51. The second-order valence-corrected chi connectivity index (χ2v) is 18.8. The van der Waals surface area contributed by atoms with Crippen LogP contribution in [0.1, 0.15) is 213 Å². The minimum Gasteiger partial charge on any atom is -0.462 e. The predicted molar refractivity (Wildman–Crippen MR) is 334 cm³/mol. The van der Waals surface area contributed by atoms with Gasteiger partial charge in [-0.15, -0.1) is 0 Å². The Morgan fingerprint density at radius 1 is 0.260 bits per heavy atom. The van der Waals surface area contributed by atoms with Crippen LogP contribution >= 0.6 is 0 Å². The quantitative estimate of drug-likeness (QED) is 0.0261. The highest BCUT2D eigenvalue weighted by atomic mass is 16.6. The third-order valence-corrected chi connectivity index (χ3v) is 11.6. The zero-order chi connectivity index (χ0) is 55.7. The van der Waals surface area contributed by atoms with Gasteiger partial charge in [0.2, 0.25) is 0 Å². The predicted octanol–water partition coefficient (Wildman–Crippen LogP) is 20.6. The van der Waals surface area contributed by atoms with Crippen molar-refractivity contribution >= 4 is 17.9 Å². The average Bonchev–Trinajstić information content (AvgIpc) is 3.43. The van der Waals surface area contributed by atoms with Crippen molar-refractivity contribution in [3.63, 3.8) is 0 Å². The number of hydrogen-bond donors (Lipinski definition) is 0. The lowest BCUT2D eigenvalue weighted by atomic mass is 10.1. The van der Waals surface area contributed by atoms with Gasteiger partial charge in [0, 0.05) is 19.3 Å². The molecule has 0 aliphatic rings. The van der Waals surface area contributed by atoms with Crippen molar-refractivity contribution in [3.8, 4) is 0 Å². The van der Waals surface area contributed by atoms with Crippen molar-refractivity contribution in [2.24, 2.45) is 0 Å². The highest BCUT2D eigenvalue weighted by Gasteiger charge is 2.19. The van der Waals surface area contributed by atoms with E-state index in [1.54, 1.807) is 0 Å². The number of esters is 3. The molecule has 0 fully saturated rings. The van der Waals surface area contributed by atoms with Crippen molar-refractivity contribution in [3.05, 3.63) is 194 Å². The van der Waals surface area contributed by atoms with Crippen molar-refractivity contribution in [1.82, 2.24) is 0 Å². The third kappa shape index (κ3) is 61.0.